The number of halogens is 1. The van der Waals surface area contributed by atoms with Gasteiger partial charge in [-0.2, -0.15) is 5.26 Å². The van der Waals surface area contributed by atoms with Gasteiger partial charge in [-0.15, -0.1) is 10.2 Å². The third-order valence-electron chi connectivity index (χ3n) is 1.51. The first-order valence-corrected chi connectivity index (χ1v) is 4.84. The van der Waals surface area contributed by atoms with Gasteiger partial charge in [0.2, 0.25) is 4.47 Å². The Morgan fingerprint density at radius 1 is 1.36 bits per heavy atom. The molecular weight excluding hydrogens is 220 g/mol. The summed E-state index contributed by atoms with van der Waals surface area (Å²) in [4.78, 5) is 4.06. The maximum absolute atomic E-state index is 8.57. The van der Waals surface area contributed by atoms with Gasteiger partial charge in [-0.1, -0.05) is 11.3 Å². The summed E-state index contributed by atoms with van der Waals surface area (Å²) in [5.74, 6) is 0. The summed E-state index contributed by atoms with van der Waals surface area (Å²) in [5, 5.41) is 16.7. The van der Waals surface area contributed by atoms with Crippen molar-refractivity contribution < 1.29 is 0 Å². The molecule has 0 fully saturated rings. The van der Waals surface area contributed by atoms with Gasteiger partial charge in [-0.25, -0.2) is 0 Å². The average Bonchev–Trinajstić information content (AvgIpc) is 2.65. The SMILES string of the molecule is N#Cc1ccc(-c2nnc(Cl)s2)nc1. The van der Waals surface area contributed by atoms with Crippen LogP contribution in [0.5, 0.6) is 0 Å². The van der Waals surface area contributed by atoms with Gasteiger partial charge in [0, 0.05) is 6.20 Å². The van der Waals surface area contributed by atoms with Crippen LogP contribution in [0.2, 0.25) is 4.47 Å². The molecule has 0 saturated heterocycles. The molecule has 2 rings (SSSR count). The van der Waals surface area contributed by atoms with Gasteiger partial charge in [0.05, 0.1) is 5.56 Å². The number of hydrogen-bond acceptors (Lipinski definition) is 5. The summed E-state index contributed by atoms with van der Waals surface area (Å²) in [7, 11) is 0. The largest absolute Gasteiger partial charge is 0.252 e. The van der Waals surface area contributed by atoms with E-state index in [1.807, 2.05) is 6.07 Å². The number of rotatable bonds is 1. The third kappa shape index (κ3) is 1.71. The summed E-state index contributed by atoms with van der Waals surface area (Å²) in [6.07, 6.45) is 1.49. The molecule has 0 radical (unpaired) electrons. The molecule has 0 bridgehead atoms. The monoisotopic (exact) mass is 222 g/mol. The van der Waals surface area contributed by atoms with E-state index in [0.717, 1.165) is 0 Å². The van der Waals surface area contributed by atoms with Crippen LogP contribution in [0, 0.1) is 11.3 Å². The highest BCUT2D eigenvalue weighted by atomic mass is 35.5. The molecular formula is C8H3ClN4S. The van der Waals surface area contributed by atoms with Gasteiger partial charge in [-0.3, -0.25) is 4.98 Å². The lowest BCUT2D eigenvalue weighted by molar-refractivity contribution is 1.09. The Bertz CT molecular complexity index is 485. The van der Waals surface area contributed by atoms with E-state index in [1.54, 1.807) is 12.1 Å². The molecule has 0 aliphatic heterocycles. The number of nitrogens with zero attached hydrogens (tertiary/aromatic N) is 4. The smallest absolute Gasteiger partial charge is 0.207 e. The Morgan fingerprint density at radius 2 is 2.21 bits per heavy atom. The molecule has 0 amide bonds. The second-order valence-corrected chi connectivity index (χ2v) is 3.96. The second-order valence-electron chi connectivity index (χ2n) is 2.40. The maximum Gasteiger partial charge on any atom is 0.207 e. The van der Waals surface area contributed by atoms with Gasteiger partial charge < -0.3 is 0 Å². The van der Waals surface area contributed by atoms with E-state index in [9.17, 15) is 0 Å². The second kappa shape index (κ2) is 3.70. The maximum atomic E-state index is 8.57. The van der Waals surface area contributed by atoms with Crippen LogP contribution in [0.25, 0.3) is 10.7 Å². The highest BCUT2D eigenvalue weighted by molar-refractivity contribution is 7.18. The van der Waals surface area contributed by atoms with Gasteiger partial charge in [0.15, 0.2) is 5.01 Å². The molecule has 6 heteroatoms. The summed E-state index contributed by atoms with van der Waals surface area (Å²) in [6, 6.07) is 5.39. The Hall–Kier alpha value is -1.51. The number of hydrogen-bond donors (Lipinski definition) is 0. The highest BCUT2D eigenvalue weighted by Crippen LogP contribution is 2.24. The quantitative estimate of drug-likeness (QED) is 0.742. The predicted octanol–water partition coefficient (Wildman–Crippen LogP) is 2.13. The standard InChI is InChI=1S/C8H3ClN4S/c9-8-13-12-7(14-8)6-2-1-5(3-10)4-11-6/h1-2,4H. The van der Waals surface area contributed by atoms with Crippen LogP contribution in [-0.2, 0) is 0 Å². The molecule has 2 aromatic rings. The molecule has 68 valence electrons. The zero-order chi connectivity index (χ0) is 9.97. The van der Waals surface area contributed by atoms with Gasteiger partial charge in [-0.05, 0) is 23.7 Å². The molecule has 0 aliphatic carbocycles. The zero-order valence-electron chi connectivity index (χ0n) is 6.81. The van der Waals surface area contributed by atoms with Crippen LogP contribution in [0.3, 0.4) is 0 Å². The molecule has 0 aromatic carbocycles. The fourth-order valence-corrected chi connectivity index (χ4v) is 1.70. The summed E-state index contributed by atoms with van der Waals surface area (Å²) >= 11 is 6.89. The van der Waals surface area contributed by atoms with E-state index in [2.05, 4.69) is 15.2 Å². The first-order chi connectivity index (χ1) is 6.79. The molecule has 0 N–H and O–H groups in total. The highest BCUT2D eigenvalue weighted by Gasteiger charge is 2.05. The Morgan fingerprint density at radius 3 is 2.71 bits per heavy atom. The summed E-state index contributed by atoms with van der Waals surface area (Å²) < 4.78 is 0.381. The summed E-state index contributed by atoms with van der Waals surface area (Å²) in [6.45, 7) is 0. The Kier molecular flexibility index (Phi) is 2.39. The van der Waals surface area contributed by atoms with Gasteiger partial charge in [0.25, 0.3) is 0 Å². The average molecular weight is 223 g/mol. The number of pyridine rings is 1. The van der Waals surface area contributed by atoms with Crippen molar-refractivity contribution in [1.82, 2.24) is 15.2 Å². The molecule has 0 spiro atoms. The lowest BCUT2D eigenvalue weighted by Gasteiger charge is -1.92. The van der Waals surface area contributed by atoms with E-state index in [-0.39, 0.29) is 0 Å². The summed E-state index contributed by atoms with van der Waals surface area (Å²) in [5.41, 5.74) is 1.19. The molecule has 14 heavy (non-hydrogen) atoms. The third-order valence-corrected chi connectivity index (χ3v) is 2.55. The molecule has 4 nitrogen and oxygen atoms in total. The van der Waals surface area contributed by atoms with E-state index in [0.29, 0.717) is 20.7 Å². The number of nitriles is 1. The van der Waals surface area contributed by atoms with Crippen molar-refractivity contribution in [2.75, 3.05) is 0 Å². The topological polar surface area (TPSA) is 62.5 Å². The van der Waals surface area contributed by atoms with E-state index < -0.39 is 0 Å². The van der Waals surface area contributed by atoms with E-state index in [4.69, 9.17) is 16.9 Å². The minimum absolute atomic E-state index is 0.381. The van der Waals surface area contributed by atoms with Crippen LogP contribution in [-0.4, -0.2) is 15.2 Å². The molecule has 0 saturated carbocycles. The van der Waals surface area contributed by atoms with E-state index in [1.165, 1.54) is 17.5 Å². The fraction of sp³-hybridized carbons (Fsp3) is 0. The lowest BCUT2D eigenvalue weighted by Crippen LogP contribution is -1.83. The predicted molar refractivity (Wildman–Crippen MR) is 52.9 cm³/mol. The van der Waals surface area contributed by atoms with Gasteiger partial charge in [0.1, 0.15) is 11.8 Å². The molecule has 2 aromatic heterocycles. The number of aromatic nitrogens is 3. The van der Waals surface area contributed by atoms with Crippen LogP contribution >= 0.6 is 22.9 Å². The normalized spacial score (nSPS) is 9.71. The van der Waals surface area contributed by atoms with Crippen molar-refractivity contribution in [3.8, 4) is 16.8 Å². The van der Waals surface area contributed by atoms with Crippen molar-refractivity contribution in [3.05, 3.63) is 28.4 Å². The van der Waals surface area contributed by atoms with Crippen molar-refractivity contribution >= 4 is 22.9 Å². The van der Waals surface area contributed by atoms with Crippen molar-refractivity contribution in [1.29, 1.82) is 5.26 Å². The van der Waals surface area contributed by atoms with Crippen molar-refractivity contribution in [2.24, 2.45) is 0 Å². The molecule has 0 unspecified atom stereocenters. The van der Waals surface area contributed by atoms with Crippen LogP contribution < -0.4 is 0 Å². The molecule has 2 heterocycles. The minimum atomic E-state index is 0.381. The molecule has 0 atom stereocenters. The van der Waals surface area contributed by atoms with Crippen LogP contribution in [0.4, 0.5) is 0 Å². The van der Waals surface area contributed by atoms with E-state index >= 15 is 0 Å². The van der Waals surface area contributed by atoms with Crippen LogP contribution in [0.1, 0.15) is 5.56 Å². The first kappa shape index (κ1) is 9.06. The fourth-order valence-electron chi connectivity index (χ4n) is 0.895. The van der Waals surface area contributed by atoms with Crippen molar-refractivity contribution in [3.63, 3.8) is 0 Å². The Balaban J connectivity index is 2.39. The first-order valence-electron chi connectivity index (χ1n) is 3.65. The van der Waals surface area contributed by atoms with Crippen molar-refractivity contribution in [2.45, 2.75) is 0 Å². The minimum Gasteiger partial charge on any atom is -0.252 e. The Labute approximate surface area is 88.8 Å². The molecule has 0 aliphatic rings. The van der Waals surface area contributed by atoms with Gasteiger partial charge >= 0.3 is 0 Å². The van der Waals surface area contributed by atoms with Crippen LogP contribution in [0.15, 0.2) is 18.3 Å². The lowest BCUT2D eigenvalue weighted by atomic mass is 10.3. The zero-order valence-corrected chi connectivity index (χ0v) is 8.38.